The second-order valence-electron chi connectivity index (χ2n) is 5.40. The Morgan fingerprint density at radius 1 is 1.13 bits per heavy atom. The van der Waals surface area contributed by atoms with Crippen molar-refractivity contribution in [2.45, 2.75) is 39.5 Å². The third-order valence-electron chi connectivity index (χ3n) is 3.34. The Morgan fingerprint density at radius 2 is 1.65 bits per heavy atom. The first-order valence-electron chi connectivity index (χ1n) is 7.61. The first kappa shape index (κ1) is 21.9. The average Bonchev–Trinajstić information content (AvgIpc) is 2.52. The molecule has 0 aromatic heterocycles. The third-order valence-corrected chi connectivity index (χ3v) is 3.34. The molecule has 0 aliphatic rings. The molecule has 5 nitrogen and oxygen atoms in total. The summed E-state index contributed by atoms with van der Waals surface area (Å²) in [4.78, 5) is 12.6. The van der Waals surface area contributed by atoms with Crippen LogP contribution in [0.2, 0.25) is 0 Å². The Bertz CT molecular complexity index is 456. The highest BCUT2D eigenvalue weighted by Crippen LogP contribution is 2.17. The van der Waals surface area contributed by atoms with Gasteiger partial charge in [-0.05, 0) is 52.0 Å². The Morgan fingerprint density at radius 3 is 2.09 bits per heavy atom. The van der Waals surface area contributed by atoms with Crippen molar-refractivity contribution in [1.29, 1.82) is 0 Å². The fourth-order valence-corrected chi connectivity index (χ4v) is 2.06. The van der Waals surface area contributed by atoms with E-state index in [0.717, 1.165) is 5.75 Å². The van der Waals surface area contributed by atoms with E-state index >= 15 is 0 Å². The van der Waals surface area contributed by atoms with E-state index in [9.17, 15) is 4.79 Å². The van der Waals surface area contributed by atoms with E-state index in [1.807, 2.05) is 27.7 Å². The number of carbonyl (C=O) groups excluding carboxylic acids is 1. The van der Waals surface area contributed by atoms with Crippen molar-refractivity contribution in [2.24, 2.45) is 0 Å². The molecular formula is C17H28ClNO4. The van der Waals surface area contributed by atoms with E-state index in [4.69, 9.17) is 14.2 Å². The molecule has 0 radical (unpaired) electrons. The van der Waals surface area contributed by atoms with Gasteiger partial charge in [0.15, 0.2) is 12.1 Å². The van der Waals surface area contributed by atoms with Crippen LogP contribution in [0.3, 0.4) is 0 Å². The highest BCUT2D eigenvalue weighted by molar-refractivity contribution is 6.02. The average molecular weight is 346 g/mol. The van der Waals surface area contributed by atoms with Gasteiger partial charge in [0.25, 0.3) is 0 Å². The van der Waals surface area contributed by atoms with Crippen LogP contribution in [0.4, 0.5) is 0 Å². The molecule has 1 N–H and O–H groups in total. The Labute approximate surface area is 145 Å². The minimum atomic E-state index is -0.707. The van der Waals surface area contributed by atoms with Gasteiger partial charge >= 0.3 is 0 Å². The number of nitrogens with one attached hydrogen (secondary N) is 1. The zero-order valence-electron chi connectivity index (χ0n) is 14.5. The largest absolute Gasteiger partial charge is 0.497 e. The highest BCUT2D eigenvalue weighted by atomic mass is 35.5. The smallest absolute Gasteiger partial charge is 0.182 e. The molecule has 0 bridgehead atoms. The molecule has 0 fully saturated rings. The number of halogens is 1. The summed E-state index contributed by atoms with van der Waals surface area (Å²) >= 11 is 0. The summed E-state index contributed by atoms with van der Waals surface area (Å²) in [6.07, 6.45) is -0.349. The summed E-state index contributed by atoms with van der Waals surface area (Å²) in [5.74, 6) is 0.747. The van der Waals surface area contributed by atoms with Crippen LogP contribution in [0, 0.1) is 0 Å². The second kappa shape index (κ2) is 10.6. The lowest BCUT2D eigenvalue weighted by molar-refractivity contribution is -0.134. The van der Waals surface area contributed by atoms with Crippen molar-refractivity contribution in [2.75, 3.05) is 26.9 Å². The van der Waals surface area contributed by atoms with E-state index < -0.39 is 5.54 Å². The summed E-state index contributed by atoms with van der Waals surface area (Å²) in [6, 6.07) is 7.11. The van der Waals surface area contributed by atoms with E-state index in [0.29, 0.717) is 25.3 Å². The molecule has 0 aliphatic carbocycles. The normalized spacial score (nSPS) is 11.2. The molecule has 1 aromatic rings. The van der Waals surface area contributed by atoms with Crippen LogP contribution in [0.15, 0.2) is 24.3 Å². The predicted molar refractivity (Wildman–Crippen MR) is 93.7 cm³/mol. The van der Waals surface area contributed by atoms with E-state index in [-0.39, 0.29) is 24.5 Å². The van der Waals surface area contributed by atoms with Gasteiger partial charge in [0.05, 0.1) is 12.6 Å². The van der Waals surface area contributed by atoms with Crippen molar-refractivity contribution in [3.8, 4) is 5.75 Å². The molecule has 0 saturated carbocycles. The number of methoxy groups -OCH3 is 1. The van der Waals surface area contributed by atoms with Gasteiger partial charge in [-0.3, -0.25) is 4.79 Å². The number of hydrogen-bond acceptors (Lipinski definition) is 5. The van der Waals surface area contributed by atoms with E-state index in [1.165, 1.54) is 0 Å². The minimum absolute atomic E-state index is 0. The van der Waals surface area contributed by atoms with Crippen LogP contribution in [0.5, 0.6) is 5.75 Å². The van der Waals surface area contributed by atoms with Gasteiger partial charge in [0.2, 0.25) is 0 Å². The van der Waals surface area contributed by atoms with Crippen molar-refractivity contribution in [3.05, 3.63) is 29.8 Å². The summed E-state index contributed by atoms with van der Waals surface area (Å²) in [7, 11) is 1.60. The van der Waals surface area contributed by atoms with Crippen LogP contribution in [-0.2, 0) is 9.47 Å². The molecule has 23 heavy (non-hydrogen) atoms. The molecule has 0 atom stereocenters. The van der Waals surface area contributed by atoms with Crippen molar-refractivity contribution >= 4 is 18.2 Å². The van der Waals surface area contributed by atoms with Gasteiger partial charge in [-0.1, -0.05) is 0 Å². The molecular weight excluding hydrogens is 318 g/mol. The maximum Gasteiger partial charge on any atom is 0.182 e. The molecule has 0 spiro atoms. The summed E-state index contributed by atoms with van der Waals surface area (Å²) < 4.78 is 16.1. The number of carbonyl (C=O) groups is 1. The number of ketones is 1. The number of rotatable bonds is 10. The van der Waals surface area contributed by atoms with Crippen LogP contribution >= 0.6 is 12.4 Å². The molecule has 132 valence electrons. The third kappa shape index (κ3) is 6.87. The van der Waals surface area contributed by atoms with Crippen LogP contribution in [-0.4, -0.2) is 44.5 Å². The first-order valence-corrected chi connectivity index (χ1v) is 7.61. The molecule has 6 heteroatoms. The molecule has 0 aliphatic heterocycles. The van der Waals surface area contributed by atoms with Gasteiger partial charge < -0.3 is 19.5 Å². The first-order chi connectivity index (χ1) is 10.4. The van der Waals surface area contributed by atoms with Crippen LogP contribution in [0.25, 0.3) is 0 Å². The number of hydrogen-bond donors (Lipinski definition) is 1. The zero-order valence-corrected chi connectivity index (χ0v) is 15.4. The van der Waals surface area contributed by atoms with Gasteiger partial charge in [-0.15, -0.1) is 12.4 Å². The van der Waals surface area contributed by atoms with Gasteiger partial charge in [-0.2, -0.15) is 0 Å². The lowest BCUT2D eigenvalue weighted by Crippen LogP contribution is -2.50. The second-order valence-corrected chi connectivity index (χ2v) is 5.40. The predicted octanol–water partition coefficient (Wildman–Crippen LogP) is 3.07. The molecule has 0 amide bonds. The Hall–Kier alpha value is -1.14. The zero-order chi connectivity index (χ0) is 16.6. The van der Waals surface area contributed by atoms with Crippen molar-refractivity contribution in [1.82, 2.24) is 5.32 Å². The number of Topliss-reactive ketones (excluding diaryl/α,β-unsaturated/α-hetero) is 1. The van der Waals surface area contributed by atoms with E-state index in [2.05, 4.69) is 5.32 Å². The molecule has 0 heterocycles. The lowest BCUT2D eigenvalue weighted by atomic mass is 9.93. The fourth-order valence-electron chi connectivity index (χ4n) is 2.06. The molecule has 1 aromatic carbocycles. The maximum absolute atomic E-state index is 12.6. The number of benzene rings is 1. The minimum Gasteiger partial charge on any atom is -0.497 e. The van der Waals surface area contributed by atoms with Crippen LogP contribution < -0.4 is 10.1 Å². The molecule has 0 saturated heterocycles. The van der Waals surface area contributed by atoms with E-state index in [1.54, 1.807) is 31.4 Å². The topological polar surface area (TPSA) is 56.8 Å². The van der Waals surface area contributed by atoms with Crippen molar-refractivity contribution in [3.63, 3.8) is 0 Å². The van der Waals surface area contributed by atoms with Gasteiger partial charge in [-0.25, -0.2) is 0 Å². The fraction of sp³-hybridized carbons (Fsp3) is 0.588. The Balaban J connectivity index is 0.00000484. The monoisotopic (exact) mass is 345 g/mol. The Kier molecular flexibility index (Phi) is 10.1. The number of ether oxygens (including phenoxy) is 3. The lowest BCUT2D eigenvalue weighted by Gasteiger charge is -2.27. The van der Waals surface area contributed by atoms with Crippen LogP contribution in [0.1, 0.15) is 38.1 Å². The molecule has 0 unspecified atom stereocenters. The van der Waals surface area contributed by atoms with Gasteiger partial charge in [0.1, 0.15) is 5.75 Å². The molecule has 1 rings (SSSR count). The maximum atomic E-state index is 12.6. The summed E-state index contributed by atoms with van der Waals surface area (Å²) in [5.41, 5.74) is -0.0659. The van der Waals surface area contributed by atoms with Gasteiger partial charge in [0, 0.05) is 25.3 Å². The summed E-state index contributed by atoms with van der Waals surface area (Å²) in [6.45, 7) is 9.14. The standard InChI is InChI=1S/C17H27NO4.ClH/c1-6-21-15(22-7-2)12-18-17(3,4)16(19)13-8-10-14(20-5)11-9-13;/h8-11,15,18H,6-7,12H2,1-5H3;1H. The quantitative estimate of drug-likeness (QED) is 0.521. The SMILES string of the molecule is CCOC(CNC(C)(C)C(=O)c1ccc(OC)cc1)OCC.Cl. The highest BCUT2D eigenvalue weighted by Gasteiger charge is 2.29. The van der Waals surface area contributed by atoms with Crippen molar-refractivity contribution < 1.29 is 19.0 Å². The summed E-state index contributed by atoms with van der Waals surface area (Å²) in [5, 5.41) is 3.22.